The van der Waals surface area contributed by atoms with Crippen LogP contribution in [0.1, 0.15) is 18.4 Å². The molecule has 1 N–H and O–H groups in total. The molecule has 0 bridgehead atoms. The highest BCUT2D eigenvalue weighted by molar-refractivity contribution is 5.47. The van der Waals surface area contributed by atoms with Crippen LogP contribution < -0.4 is 15.0 Å². The molecular formula is C20H24F2N2O. The zero-order valence-corrected chi connectivity index (χ0v) is 14.5. The van der Waals surface area contributed by atoms with E-state index in [1.807, 2.05) is 18.2 Å². The lowest BCUT2D eigenvalue weighted by Gasteiger charge is -2.34. The molecule has 5 heteroatoms. The lowest BCUT2D eigenvalue weighted by molar-refractivity contribution is 0.401. The summed E-state index contributed by atoms with van der Waals surface area (Å²) >= 11 is 0. The molecule has 0 spiro atoms. The van der Waals surface area contributed by atoms with Gasteiger partial charge in [0, 0.05) is 30.9 Å². The molecule has 0 radical (unpaired) electrons. The van der Waals surface area contributed by atoms with E-state index < -0.39 is 11.6 Å². The van der Waals surface area contributed by atoms with Gasteiger partial charge in [0.2, 0.25) is 0 Å². The van der Waals surface area contributed by atoms with Crippen molar-refractivity contribution in [2.75, 3.05) is 31.6 Å². The minimum Gasteiger partial charge on any atom is -0.496 e. The van der Waals surface area contributed by atoms with E-state index in [2.05, 4.69) is 16.3 Å². The summed E-state index contributed by atoms with van der Waals surface area (Å²) in [6.07, 6.45) is 2.91. The van der Waals surface area contributed by atoms with E-state index in [-0.39, 0.29) is 0 Å². The van der Waals surface area contributed by atoms with Crippen molar-refractivity contribution in [1.82, 2.24) is 5.32 Å². The summed E-state index contributed by atoms with van der Waals surface area (Å²) in [7, 11) is 1.69. The van der Waals surface area contributed by atoms with Gasteiger partial charge in [-0.2, -0.15) is 0 Å². The number of piperidine rings is 1. The Morgan fingerprint density at radius 2 is 1.84 bits per heavy atom. The first-order valence-corrected chi connectivity index (χ1v) is 8.72. The van der Waals surface area contributed by atoms with E-state index in [4.69, 9.17) is 4.74 Å². The number of methoxy groups -OCH3 is 1. The number of ether oxygens (including phenoxy) is 1. The van der Waals surface area contributed by atoms with Crippen LogP contribution in [0.15, 0.2) is 42.5 Å². The van der Waals surface area contributed by atoms with Crippen LogP contribution in [0.3, 0.4) is 0 Å². The second-order valence-corrected chi connectivity index (χ2v) is 6.38. The largest absolute Gasteiger partial charge is 0.496 e. The van der Waals surface area contributed by atoms with Crippen molar-refractivity contribution in [3.05, 3.63) is 59.7 Å². The van der Waals surface area contributed by atoms with Crippen LogP contribution >= 0.6 is 0 Å². The van der Waals surface area contributed by atoms with E-state index in [0.717, 1.165) is 50.3 Å². The van der Waals surface area contributed by atoms with E-state index >= 15 is 0 Å². The predicted molar refractivity (Wildman–Crippen MR) is 96.3 cm³/mol. The molecule has 1 aliphatic rings. The second kappa shape index (κ2) is 8.30. The maximum absolute atomic E-state index is 13.4. The lowest BCUT2D eigenvalue weighted by atomic mass is 10.0. The Bertz CT molecular complexity index is 700. The van der Waals surface area contributed by atoms with Crippen LogP contribution in [0.25, 0.3) is 0 Å². The van der Waals surface area contributed by atoms with E-state index in [9.17, 15) is 8.78 Å². The Balaban J connectivity index is 1.45. The Hall–Kier alpha value is -2.14. The van der Waals surface area contributed by atoms with Gasteiger partial charge in [-0.25, -0.2) is 8.78 Å². The molecule has 1 fully saturated rings. The monoisotopic (exact) mass is 346 g/mol. The first kappa shape index (κ1) is 17.7. The number of hydrogen-bond donors (Lipinski definition) is 1. The van der Waals surface area contributed by atoms with Gasteiger partial charge in [-0.15, -0.1) is 0 Å². The van der Waals surface area contributed by atoms with Gasteiger partial charge in [0.25, 0.3) is 0 Å². The SMILES string of the molecule is COc1ccccc1CCNC1CCN(c2ccc(F)c(F)c2)CC1. The molecule has 0 unspecified atom stereocenters. The highest BCUT2D eigenvalue weighted by Gasteiger charge is 2.19. The van der Waals surface area contributed by atoms with Crippen LogP contribution in [-0.4, -0.2) is 32.8 Å². The number of rotatable bonds is 6. The average molecular weight is 346 g/mol. The van der Waals surface area contributed by atoms with Crippen LogP contribution in [0, 0.1) is 11.6 Å². The highest BCUT2D eigenvalue weighted by atomic mass is 19.2. The van der Waals surface area contributed by atoms with Gasteiger partial charge in [-0.05, 0) is 49.6 Å². The summed E-state index contributed by atoms with van der Waals surface area (Å²) in [5.74, 6) is -0.649. The van der Waals surface area contributed by atoms with E-state index in [1.54, 1.807) is 13.2 Å². The van der Waals surface area contributed by atoms with Crippen molar-refractivity contribution < 1.29 is 13.5 Å². The normalized spacial score (nSPS) is 15.4. The first-order valence-electron chi connectivity index (χ1n) is 8.72. The molecular weight excluding hydrogens is 322 g/mol. The molecule has 3 nitrogen and oxygen atoms in total. The van der Waals surface area contributed by atoms with Gasteiger partial charge in [0.1, 0.15) is 5.75 Å². The van der Waals surface area contributed by atoms with E-state index in [1.165, 1.54) is 17.7 Å². The van der Waals surface area contributed by atoms with Crippen molar-refractivity contribution in [3.63, 3.8) is 0 Å². The number of halogens is 2. The van der Waals surface area contributed by atoms with Crippen LogP contribution in [0.4, 0.5) is 14.5 Å². The predicted octanol–water partition coefficient (Wildman–Crippen LogP) is 3.77. The second-order valence-electron chi connectivity index (χ2n) is 6.38. The molecule has 0 aromatic heterocycles. The molecule has 0 atom stereocenters. The van der Waals surface area contributed by atoms with Gasteiger partial charge >= 0.3 is 0 Å². The molecule has 0 aliphatic carbocycles. The smallest absolute Gasteiger partial charge is 0.160 e. The third-order valence-electron chi connectivity index (χ3n) is 4.78. The number of benzene rings is 2. The Labute approximate surface area is 147 Å². The summed E-state index contributed by atoms with van der Waals surface area (Å²) in [6.45, 7) is 2.59. The van der Waals surface area contributed by atoms with Gasteiger partial charge < -0.3 is 15.0 Å². The molecule has 1 saturated heterocycles. The Kier molecular flexibility index (Phi) is 5.87. The summed E-state index contributed by atoms with van der Waals surface area (Å²) in [5.41, 5.74) is 1.96. The third-order valence-corrected chi connectivity index (χ3v) is 4.78. The zero-order valence-electron chi connectivity index (χ0n) is 14.5. The minimum atomic E-state index is -0.795. The van der Waals surface area contributed by atoms with Crippen LogP contribution in [0.2, 0.25) is 0 Å². The standard InChI is InChI=1S/C20H24F2N2O/c1-25-20-5-3-2-4-15(20)8-11-23-16-9-12-24(13-10-16)17-6-7-18(21)19(22)14-17/h2-7,14,16,23H,8-13H2,1H3. The van der Waals surface area contributed by atoms with Gasteiger partial charge in [-0.1, -0.05) is 18.2 Å². The fourth-order valence-electron chi connectivity index (χ4n) is 3.34. The molecule has 3 rings (SSSR count). The van der Waals surface area contributed by atoms with Gasteiger partial charge in [-0.3, -0.25) is 0 Å². The molecule has 1 heterocycles. The van der Waals surface area contributed by atoms with Gasteiger partial charge in [0.05, 0.1) is 7.11 Å². The zero-order chi connectivity index (χ0) is 17.6. The van der Waals surface area contributed by atoms with Crippen LogP contribution in [-0.2, 0) is 6.42 Å². The number of para-hydroxylation sites is 1. The number of nitrogens with one attached hydrogen (secondary N) is 1. The molecule has 0 amide bonds. The van der Waals surface area contributed by atoms with Crippen molar-refractivity contribution in [2.24, 2.45) is 0 Å². The summed E-state index contributed by atoms with van der Waals surface area (Å²) < 4.78 is 31.8. The van der Waals surface area contributed by atoms with Crippen molar-refractivity contribution >= 4 is 5.69 Å². The number of nitrogens with zero attached hydrogens (tertiary/aromatic N) is 1. The maximum atomic E-state index is 13.4. The number of hydrogen-bond acceptors (Lipinski definition) is 3. The summed E-state index contributed by atoms with van der Waals surface area (Å²) in [5, 5.41) is 3.60. The molecule has 0 saturated carbocycles. The summed E-state index contributed by atoms with van der Waals surface area (Å²) in [4.78, 5) is 2.11. The third kappa shape index (κ3) is 4.48. The molecule has 1 aliphatic heterocycles. The quantitative estimate of drug-likeness (QED) is 0.862. The maximum Gasteiger partial charge on any atom is 0.160 e. The van der Waals surface area contributed by atoms with Gasteiger partial charge in [0.15, 0.2) is 11.6 Å². The average Bonchev–Trinajstić information content (AvgIpc) is 2.65. The lowest BCUT2D eigenvalue weighted by Crippen LogP contribution is -2.43. The number of anilines is 1. The van der Waals surface area contributed by atoms with Crippen molar-refractivity contribution in [3.8, 4) is 5.75 Å². The highest BCUT2D eigenvalue weighted by Crippen LogP contribution is 2.22. The van der Waals surface area contributed by atoms with Crippen molar-refractivity contribution in [2.45, 2.75) is 25.3 Å². The molecule has 25 heavy (non-hydrogen) atoms. The summed E-state index contributed by atoms with van der Waals surface area (Å²) in [6, 6.07) is 12.7. The fourth-order valence-corrected chi connectivity index (χ4v) is 3.34. The first-order chi connectivity index (χ1) is 12.2. The topological polar surface area (TPSA) is 24.5 Å². The fraction of sp³-hybridized carbons (Fsp3) is 0.400. The van der Waals surface area contributed by atoms with Crippen LogP contribution in [0.5, 0.6) is 5.75 Å². The van der Waals surface area contributed by atoms with Crippen molar-refractivity contribution in [1.29, 1.82) is 0 Å². The molecule has 2 aromatic rings. The minimum absolute atomic E-state index is 0.455. The Morgan fingerprint density at radius 1 is 1.08 bits per heavy atom. The van der Waals surface area contributed by atoms with E-state index in [0.29, 0.717) is 6.04 Å². The molecule has 2 aromatic carbocycles. The molecule has 134 valence electrons. The Morgan fingerprint density at radius 3 is 2.56 bits per heavy atom.